The van der Waals surface area contributed by atoms with Gasteiger partial charge in [-0.25, -0.2) is 4.98 Å². The number of rotatable bonds is 1. The van der Waals surface area contributed by atoms with E-state index in [0.717, 1.165) is 16.9 Å². The molecule has 0 fully saturated rings. The van der Waals surface area contributed by atoms with E-state index in [9.17, 15) is 0 Å². The monoisotopic (exact) mass is 219 g/mol. The lowest BCUT2D eigenvalue weighted by atomic mass is 9.88. The normalized spacial score (nSPS) is 12.3. The van der Waals surface area contributed by atoms with Gasteiger partial charge < -0.3 is 0 Å². The van der Waals surface area contributed by atoms with Crippen LogP contribution in [0.4, 0.5) is 0 Å². The number of hydrogen-bond acceptors (Lipinski definition) is 2. The zero-order valence-corrected chi connectivity index (χ0v) is 10.6. The van der Waals surface area contributed by atoms with Gasteiger partial charge >= 0.3 is 0 Å². The lowest BCUT2D eigenvalue weighted by molar-refractivity contribution is 0.413. The average Bonchev–Trinajstić information content (AvgIpc) is 2.43. The van der Waals surface area contributed by atoms with Crippen molar-refractivity contribution >= 4 is 21.6 Å². The maximum atomic E-state index is 4.52. The minimum absolute atomic E-state index is 0.339. The van der Waals surface area contributed by atoms with Crippen molar-refractivity contribution in [1.29, 1.82) is 0 Å². The zero-order valence-electron chi connectivity index (χ0n) is 9.79. The lowest BCUT2D eigenvalue weighted by Gasteiger charge is -2.18. The van der Waals surface area contributed by atoms with Crippen LogP contribution >= 0.6 is 11.3 Å². The predicted octanol–water partition coefficient (Wildman–Crippen LogP) is 4.19. The van der Waals surface area contributed by atoms with Crippen LogP contribution in [0.1, 0.15) is 31.3 Å². The molecule has 0 radical (unpaired) electrons. The number of benzene rings is 1. The smallest absolute Gasteiger partial charge is 0.0907 e. The van der Waals surface area contributed by atoms with Gasteiger partial charge in [0.15, 0.2) is 0 Å². The Morgan fingerprint density at radius 1 is 1.27 bits per heavy atom. The van der Waals surface area contributed by atoms with Gasteiger partial charge in [-0.3, -0.25) is 0 Å². The molecule has 1 aromatic heterocycles. The number of nitrogens with zero attached hydrogens (tertiary/aromatic N) is 1. The first-order valence-electron chi connectivity index (χ1n) is 5.31. The summed E-state index contributed by atoms with van der Waals surface area (Å²) in [6.07, 6.45) is 1.12. The summed E-state index contributed by atoms with van der Waals surface area (Å²) in [4.78, 5) is 4.52. The molecule has 0 aliphatic rings. The van der Waals surface area contributed by atoms with Gasteiger partial charge in [0, 0.05) is 0 Å². The topological polar surface area (TPSA) is 12.9 Å². The molecule has 1 heterocycles. The number of thiazole rings is 1. The molecular formula is C13H17NS. The van der Waals surface area contributed by atoms with Crippen LogP contribution in [0.5, 0.6) is 0 Å². The molecule has 0 saturated carbocycles. The Labute approximate surface area is 95.2 Å². The second-order valence-corrected chi connectivity index (χ2v) is 6.44. The largest absolute Gasteiger partial charge is 0.242 e. The van der Waals surface area contributed by atoms with Crippen molar-refractivity contribution in [2.45, 2.75) is 34.1 Å². The molecule has 0 amide bonds. The highest BCUT2D eigenvalue weighted by atomic mass is 32.1. The number of aromatic nitrogens is 1. The highest BCUT2D eigenvalue weighted by Gasteiger charge is 2.14. The third kappa shape index (κ3) is 2.37. The van der Waals surface area contributed by atoms with Crippen LogP contribution in [0.15, 0.2) is 18.2 Å². The van der Waals surface area contributed by atoms with E-state index in [1.54, 1.807) is 0 Å². The second kappa shape index (κ2) is 3.60. The van der Waals surface area contributed by atoms with E-state index >= 15 is 0 Å². The Kier molecular flexibility index (Phi) is 2.55. The van der Waals surface area contributed by atoms with Crippen molar-refractivity contribution in [2.24, 2.45) is 5.41 Å². The van der Waals surface area contributed by atoms with E-state index in [0.29, 0.717) is 5.41 Å². The first kappa shape index (κ1) is 10.6. The number of aryl methyl sites for hydroxylation is 1. The molecule has 80 valence electrons. The summed E-state index contributed by atoms with van der Waals surface area (Å²) in [5.74, 6) is 0. The molecule has 0 aliphatic heterocycles. The Hall–Kier alpha value is -0.890. The van der Waals surface area contributed by atoms with Crippen molar-refractivity contribution in [3.63, 3.8) is 0 Å². The van der Waals surface area contributed by atoms with Gasteiger partial charge in [-0.2, -0.15) is 0 Å². The molecule has 2 aromatic rings. The van der Waals surface area contributed by atoms with Crippen molar-refractivity contribution in [3.05, 3.63) is 28.8 Å². The molecule has 0 spiro atoms. The molecule has 2 rings (SSSR count). The first-order valence-corrected chi connectivity index (χ1v) is 6.12. The average molecular weight is 219 g/mol. The molecule has 0 N–H and O–H groups in total. The fourth-order valence-corrected chi connectivity index (χ4v) is 2.76. The van der Waals surface area contributed by atoms with Crippen molar-refractivity contribution in [1.82, 2.24) is 4.98 Å². The number of hydrogen-bond donors (Lipinski definition) is 0. The van der Waals surface area contributed by atoms with Gasteiger partial charge in [-0.1, -0.05) is 32.9 Å². The van der Waals surface area contributed by atoms with Crippen molar-refractivity contribution < 1.29 is 0 Å². The van der Waals surface area contributed by atoms with Crippen LogP contribution in [-0.4, -0.2) is 4.98 Å². The van der Waals surface area contributed by atoms with Gasteiger partial charge in [0.25, 0.3) is 0 Å². The molecule has 1 aromatic carbocycles. The van der Waals surface area contributed by atoms with E-state index < -0.39 is 0 Å². The van der Waals surface area contributed by atoms with Gasteiger partial charge in [0.05, 0.1) is 15.2 Å². The molecule has 0 aliphatic carbocycles. The standard InChI is InChI=1S/C13H17NS/c1-9-14-11-7-5-6-10(12(11)15-9)8-13(2,3)4/h5-7H,8H2,1-4H3. The molecule has 15 heavy (non-hydrogen) atoms. The SMILES string of the molecule is Cc1nc2cccc(CC(C)(C)C)c2s1. The van der Waals surface area contributed by atoms with Gasteiger partial charge in [0.1, 0.15) is 0 Å². The van der Waals surface area contributed by atoms with E-state index in [1.807, 2.05) is 11.3 Å². The number of fused-ring (bicyclic) bond motifs is 1. The molecule has 2 heteroatoms. The fraction of sp³-hybridized carbons (Fsp3) is 0.462. The Morgan fingerprint density at radius 2 is 2.00 bits per heavy atom. The van der Waals surface area contributed by atoms with E-state index in [1.165, 1.54) is 10.3 Å². The van der Waals surface area contributed by atoms with Gasteiger partial charge in [-0.15, -0.1) is 11.3 Å². The minimum Gasteiger partial charge on any atom is -0.242 e. The summed E-state index contributed by atoms with van der Waals surface area (Å²) >= 11 is 1.81. The van der Waals surface area contributed by atoms with E-state index in [2.05, 4.69) is 50.9 Å². The van der Waals surface area contributed by atoms with E-state index in [-0.39, 0.29) is 0 Å². The molecule has 1 nitrogen and oxygen atoms in total. The van der Waals surface area contributed by atoms with Gasteiger partial charge in [0.2, 0.25) is 0 Å². The molecular weight excluding hydrogens is 202 g/mol. The van der Waals surface area contributed by atoms with Crippen LogP contribution in [0.3, 0.4) is 0 Å². The zero-order chi connectivity index (χ0) is 11.1. The Balaban J connectivity index is 2.51. The molecule has 0 bridgehead atoms. The lowest BCUT2D eigenvalue weighted by Crippen LogP contribution is -2.08. The van der Waals surface area contributed by atoms with Crippen LogP contribution in [-0.2, 0) is 6.42 Å². The maximum Gasteiger partial charge on any atom is 0.0907 e. The van der Waals surface area contributed by atoms with Crippen LogP contribution in [0, 0.1) is 12.3 Å². The highest BCUT2D eigenvalue weighted by Crippen LogP contribution is 2.30. The van der Waals surface area contributed by atoms with E-state index in [4.69, 9.17) is 0 Å². The second-order valence-electron chi connectivity index (χ2n) is 5.24. The predicted molar refractivity (Wildman–Crippen MR) is 67.5 cm³/mol. The van der Waals surface area contributed by atoms with Crippen LogP contribution in [0.25, 0.3) is 10.2 Å². The summed E-state index contributed by atoms with van der Waals surface area (Å²) < 4.78 is 1.37. The quantitative estimate of drug-likeness (QED) is 0.700. The van der Waals surface area contributed by atoms with Crippen LogP contribution < -0.4 is 0 Å². The van der Waals surface area contributed by atoms with Gasteiger partial charge in [-0.05, 0) is 30.4 Å². The third-order valence-corrected chi connectivity index (χ3v) is 3.39. The summed E-state index contributed by atoms with van der Waals surface area (Å²) in [5.41, 5.74) is 2.93. The first-order chi connectivity index (χ1) is 6.96. The summed E-state index contributed by atoms with van der Waals surface area (Å²) in [6.45, 7) is 8.91. The van der Waals surface area contributed by atoms with Crippen LogP contribution in [0.2, 0.25) is 0 Å². The molecule has 0 atom stereocenters. The summed E-state index contributed by atoms with van der Waals surface area (Å²) in [5, 5.41) is 1.16. The minimum atomic E-state index is 0.339. The highest BCUT2D eigenvalue weighted by molar-refractivity contribution is 7.18. The summed E-state index contributed by atoms with van der Waals surface area (Å²) in [6, 6.07) is 6.44. The van der Waals surface area contributed by atoms with Crippen molar-refractivity contribution in [2.75, 3.05) is 0 Å². The third-order valence-electron chi connectivity index (χ3n) is 2.32. The van der Waals surface area contributed by atoms with Crippen molar-refractivity contribution in [3.8, 4) is 0 Å². The Bertz CT molecular complexity index is 477. The Morgan fingerprint density at radius 3 is 2.67 bits per heavy atom. The fourth-order valence-electron chi connectivity index (χ4n) is 1.83. The molecule has 0 saturated heterocycles. The molecule has 0 unspecified atom stereocenters. The maximum absolute atomic E-state index is 4.52. The summed E-state index contributed by atoms with van der Waals surface area (Å²) in [7, 11) is 0.